The number of benzene rings is 2. The molecule has 88 valence electrons. The fraction of sp³-hybridized carbons (Fsp3) is 0. The van der Waals surface area contributed by atoms with Crippen molar-refractivity contribution in [2.24, 2.45) is 0 Å². The zero-order valence-corrected chi connectivity index (χ0v) is 9.67. The van der Waals surface area contributed by atoms with Gasteiger partial charge in [-0.3, -0.25) is 0 Å². The summed E-state index contributed by atoms with van der Waals surface area (Å²) in [5, 5.41) is 0.823. The van der Waals surface area contributed by atoms with Gasteiger partial charge in [0.05, 0.1) is 5.52 Å². The smallest absolute Gasteiger partial charge is 0.222 e. The minimum Gasteiger partial charge on any atom is -0.383 e. The Kier molecular flexibility index (Phi) is 2.34. The maximum absolute atomic E-state index is 5.81. The van der Waals surface area contributed by atoms with Gasteiger partial charge in [0.1, 0.15) is 5.82 Å². The molecule has 0 aliphatic heterocycles. The molecule has 0 saturated heterocycles. The molecular weight excluding hydrogens is 224 g/mol. The number of rotatable bonds is 1. The van der Waals surface area contributed by atoms with Crippen LogP contribution < -0.4 is 11.5 Å². The summed E-state index contributed by atoms with van der Waals surface area (Å²) in [5.41, 5.74) is 14.4. The van der Waals surface area contributed by atoms with Crippen LogP contribution in [0.5, 0.6) is 0 Å². The number of fused-ring (bicyclic) bond motifs is 1. The van der Waals surface area contributed by atoms with E-state index in [-0.39, 0.29) is 5.95 Å². The summed E-state index contributed by atoms with van der Waals surface area (Å²) in [6, 6.07) is 16.0. The quantitative estimate of drug-likeness (QED) is 0.680. The van der Waals surface area contributed by atoms with Crippen molar-refractivity contribution in [1.29, 1.82) is 0 Å². The van der Waals surface area contributed by atoms with Crippen LogP contribution in [0.2, 0.25) is 0 Å². The van der Waals surface area contributed by atoms with Crippen molar-refractivity contribution in [3.63, 3.8) is 0 Å². The van der Waals surface area contributed by atoms with Crippen LogP contribution in [0.1, 0.15) is 0 Å². The van der Waals surface area contributed by atoms with Gasteiger partial charge in [0.15, 0.2) is 0 Å². The van der Waals surface area contributed by atoms with E-state index < -0.39 is 0 Å². The number of nitrogens with zero attached hydrogens (tertiary/aromatic N) is 2. The lowest BCUT2D eigenvalue weighted by molar-refractivity contribution is 1.25. The van der Waals surface area contributed by atoms with Crippen LogP contribution in [0.3, 0.4) is 0 Å². The van der Waals surface area contributed by atoms with Gasteiger partial charge in [0, 0.05) is 5.39 Å². The predicted octanol–water partition coefficient (Wildman–Crippen LogP) is 2.46. The van der Waals surface area contributed by atoms with Crippen LogP contribution in [-0.2, 0) is 0 Å². The van der Waals surface area contributed by atoms with Gasteiger partial charge in [0.2, 0.25) is 5.95 Å². The molecule has 0 amide bonds. The van der Waals surface area contributed by atoms with Gasteiger partial charge in [-0.05, 0) is 23.3 Å². The predicted molar refractivity (Wildman–Crippen MR) is 73.8 cm³/mol. The van der Waals surface area contributed by atoms with Gasteiger partial charge < -0.3 is 11.5 Å². The highest BCUT2D eigenvalue weighted by molar-refractivity contribution is 5.91. The van der Waals surface area contributed by atoms with Crippen molar-refractivity contribution >= 4 is 22.7 Å². The van der Waals surface area contributed by atoms with Crippen LogP contribution in [0.15, 0.2) is 48.5 Å². The molecule has 0 aliphatic carbocycles. The second kappa shape index (κ2) is 4.00. The SMILES string of the molecule is Nc1nc(N)c2ccc(-c3ccccc3)cc2n1. The fourth-order valence-corrected chi connectivity index (χ4v) is 1.98. The first-order valence-corrected chi connectivity index (χ1v) is 5.62. The van der Waals surface area contributed by atoms with Crippen LogP contribution in [0.25, 0.3) is 22.0 Å². The number of hydrogen-bond donors (Lipinski definition) is 2. The van der Waals surface area contributed by atoms with E-state index in [4.69, 9.17) is 11.5 Å². The molecule has 1 aromatic heterocycles. The molecule has 4 N–H and O–H groups in total. The molecule has 1 heterocycles. The van der Waals surface area contributed by atoms with Gasteiger partial charge in [0.25, 0.3) is 0 Å². The number of nitrogens with two attached hydrogens (primary N) is 2. The minimum atomic E-state index is 0.199. The Balaban J connectivity index is 2.23. The van der Waals surface area contributed by atoms with E-state index in [0.717, 1.165) is 22.0 Å². The molecule has 3 rings (SSSR count). The van der Waals surface area contributed by atoms with E-state index in [0.29, 0.717) is 5.82 Å². The van der Waals surface area contributed by atoms with E-state index in [1.165, 1.54) is 0 Å². The lowest BCUT2D eigenvalue weighted by atomic mass is 10.0. The Morgan fingerprint density at radius 3 is 2.33 bits per heavy atom. The Morgan fingerprint density at radius 2 is 1.56 bits per heavy atom. The summed E-state index contributed by atoms with van der Waals surface area (Å²) < 4.78 is 0. The number of aromatic nitrogens is 2. The lowest BCUT2D eigenvalue weighted by Gasteiger charge is -2.05. The van der Waals surface area contributed by atoms with Gasteiger partial charge in [-0.15, -0.1) is 0 Å². The highest BCUT2D eigenvalue weighted by atomic mass is 15.0. The van der Waals surface area contributed by atoms with E-state index in [2.05, 4.69) is 22.1 Å². The Bertz CT molecular complexity index is 708. The summed E-state index contributed by atoms with van der Waals surface area (Å²) in [5.74, 6) is 0.613. The molecular formula is C14H12N4. The molecule has 2 aromatic carbocycles. The van der Waals surface area contributed by atoms with Gasteiger partial charge >= 0.3 is 0 Å². The molecule has 0 unspecified atom stereocenters. The average Bonchev–Trinajstić information content (AvgIpc) is 2.39. The molecule has 0 radical (unpaired) electrons. The Morgan fingerprint density at radius 1 is 0.778 bits per heavy atom. The Labute approximate surface area is 104 Å². The van der Waals surface area contributed by atoms with E-state index in [1.807, 2.05) is 36.4 Å². The fourth-order valence-electron chi connectivity index (χ4n) is 1.98. The number of nitrogen functional groups attached to an aromatic ring is 2. The summed E-state index contributed by atoms with van der Waals surface area (Å²) in [4.78, 5) is 8.16. The first-order chi connectivity index (χ1) is 8.74. The van der Waals surface area contributed by atoms with Crippen molar-refractivity contribution in [3.05, 3.63) is 48.5 Å². The van der Waals surface area contributed by atoms with Crippen LogP contribution in [0.4, 0.5) is 11.8 Å². The van der Waals surface area contributed by atoms with Crippen molar-refractivity contribution in [1.82, 2.24) is 9.97 Å². The first-order valence-electron chi connectivity index (χ1n) is 5.62. The monoisotopic (exact) mass is 236 g/mol. The molecule has 0 aliphatic rings. The van der Waals surface area contributed by atoms with E-state index in [1.54, 1.807) is 0 Å². The first kappa shape index (κ1) is 10.5. The van der Waals surface area contributed by atoms with Crippen LogP contribution >= 0.6 is 0 Å². The minimum absolute atomic E-state index is 0.199. The van der Waals surface area contributed by atoms with Gasteiger partial charge in [-0.2, -0.15) is 4.98 Å². The molecule has 0 saturated carbocycles. The van der Waals surface area contributed by atoms with Crippen molar-refractivity contribution in [2.75, 3.05) is 11.5 Å². The van der Waals surface area contributed by atoms with E-state index in [9.17, 15) is 0 Å². The average molecular weight is 236 g/mol. The summed E-state index contributed by atoms with van der Waals surface area (Å²) in [7, 11) is 0. The standard InChI is InChI=1S/C14H12N4/c15-13-11-7-6-10(9-4-2-1-3-5-9)8-12(11)17-14(16)18-13/h1-8H,(H4,15,16,17,18). The molecule has 3 aromatic rings. The normalized spacial score (nSPS) is 10.7. The largest absolute Gasteiger partial charge is 0.383 e. The lowest BCUT2D eigenvalue weighted by Crippen LogP contribution is -2.00. The van der Waals surface area contributed by atoms with Crippen molar-refractivity contribution < 1.29 is 0 Å². The summed E-state index contributed by atoms with van der Waals surface area (Å²) >= 11 is 0. The third kappa shape index (κ3) is 1.73. The third-order valence-corrected chi connectivity index (χ3v) is 2.85. The van der Waals surface area contributed by atoms with Gasteiger partial charge in [-0.25, -0.2) is 4.98 Å². The zero-order valence-electron chi connectivity index (χ0n) is 9.67. The number of anilines is 2. The zero-order chi connectivity index (χ0) is 12.5. The summed E-state index contributed by atoms with van der Waals surface area (Å²) in [6.07, 6.45) is 0. The van der Waals surface area contributed by atoms with Crippen LogP contribution in [-0.4, -0.2) is 9.97 Å². The highest BCUT2D eigenvalue weighted by Gasteiger charge is 2.05. The third-order valence-electron chi connectivity index (χ3n) is 2.85. The molecule has 0 fully saturated rings. The van der Waals surface area contributed by atoms with Crippen LogP contribution in [0, 0.1) is 0 Å². The second-order valence-electron chi connectivity index (χ2n) is 4.06. The summed E-state index contributed by atoms with van der Waals surface area (Å²) in [6.45, 7) is 0. The van der Waals surface area contributed by atoms with Crippen molar-refractivity contribution in [2.45, 2.75) is 0 Å². The molecule has 0 spiro atoms. The molecule has 0 bridgehead atoms. The van der Waals surface area contributed by atoms with Crippen molar-refractivity contribution in [3.8, 4) is 11.1 Å². The maximum atomic E-state index is 5.81. The van der Waals surface area contributed by atoms with Gasteiger partial charge in [-0.1, -0.05) is 36.4 Å². The highest BCUT2D eigenvalue weighted by Crippen LogP contribution is 2.25. The molecule has 4 heteroatoms. The topological polar surface area (TPSA) is 77.8 Å². The maximum Gasteiger partial charge on any atom is 0.222 e. The van der Waals surface area contributed by atoms with E-state index >= 15 is 0 Å². The second-order valence-corrected chi connectivity index (χ2v) is 4.06. The Hall–Kier alpha value is -2.62. The molecule has 0 atom stereocenters. The molecule has 4 nitrogen and oxygen atoms in total. The number of hydrogen-bond acceptors (Lipinski definition) is 4. The molecule has 18 heavy (non-hydrogen) atoms.